The summed E-state index contributed by atoms with van der Waals surface area (Å²) in [5.41, 5.74) is 8.03. The van der Waals surface area contributed by atoms with Crippen molar-refractivity contribution in [3.05, 3.63) is 41.2 Å². The Labute approximate surface area is 145 Å². The highest BCUT2D eigenvalue weighted by molar-refractivity contribution is 6.28. The highest BCUT2D eigenvalue weighted by atomic mass is 35.5. The van der Waals surface area contributed by atoms with Gasteiger partial charge in [0.05, 0.1) is 18.2 Å². The van der Waals surface area contributed by atoms with Crippen molar-refractivity contribution in [1.82, 2.24) is 15.0 Å². The van der Waals surface area contributed by atoms with E-state index in [1.807, 2.05) is 18.2 Å². The molecule has 6 nitrogen and oxygen atoms in total. The largest absolute Gasteiger partial charge is 0.467 e. The van der Waals surface area contributed by atoms with Crippen molar-refractivity contribution < 1.29 is 4.42 Å². The summed E-state index contributed by atoms with van der Waals surface area (Å²) in [5.74, 6) is 1.50. The fraction of sp³-hybridized carbons (Fsp3) is 0.412. The highest BCUT2D eigenvalue weighted by Crippen LogP contribution is 2.26. The third kappa shape index (κ3) is 3.71. The second kappa shape index (κ2) is 6.45. The van der Waals surface area contributed by atoms with Crippen molar-refractivity contribution in [3.63, 3.8) is 0 Å². The number of nitrogens with zero attached hydrogens (tertiary/aromatic N) is 2. The molecule has 4 N–H and O–H groups in total. The highest BCUT2D eigenvalue weighted by Gasteiger charge is 2.22. The van der Waals surface area contributed by atoms with Gasteiger partial charge in [0.25, 0.3) is 0 Å². The third-order valence-electron chi connectivity index (χ3n) is 4.08. The van der Waals surface area contributed by atoms with E-state index < -0.39 is 0 Å². The van der Waals surface area contributed by atoms with Gasteiger partial charge in [0.1, 0.15) is 17.2 Å². The van der Waals surface area contributed by atoms with Crippen molar-refractivity contribution in [2.24, 2.45) is 11.1 Å². The van der Waals surface area contributed by atoms with E-state index in [1.165, 1.54) is 0 Å². The van der Waals surface area contributed by atoms with E-state index >= 15 is 0 Å². The lowest BCUT2D eigenvalue weighted by Gasteiger charge is -2.26. The third-order valence-corrected chi connectivity index (χ3v) is 4.25. The summed E-state index contributed by atoms with van der Waals surface area (Å²) in [4.78, 5) is 11.9. The quantitative estimate of drug-likeness (QED) is 0.611. The number of anilines is 1. The molecule has 0 saturated heterocycles. The van der Waals surface area contributed by atoms with Gasteiger partial charge >= 0.3 is 0 Å². The van der Waals surface area contributed by atoms with Crippen molar-refractivity contribution in [1.29, 1.82) is 0 Å². The number of aromatic amines is 1. The summed E-state index contributed by atoms with van der Waals surface area (Å²) in [6, 6.07) is 5.81. The molecule has 3 aromatic rings. The van der Waals surface area contributed by atoms with Crippen LogP contribution in [-0.2, 0) is 13.0 Å². The summed E-state index contributed by atoms with van der Waals surface area (Å²) in [7, 11) is 0. The molecule has 0 spiro atoms. The van der Waals surface area contributed by atoms with E-state index in [1.54, 1.807) is 6.26 Å². The molecular formula is C17H22ClN5O. The SMILES string of the molecule is CC(C)(C)C(N)Cc1cc2c(NCc3ccco3)nc(Cl)nc2[nH]1. The van der Waals surface area contributed by atoms with Gasteiger partial charge in [-0.1, -0.05) is 20.8 Å². The van der Waals surface area contributed by atoms with E-state index in [9.17, 15) is 0 Å². The normalized spacial score (nSPS) is 13.4. The number of halogens is 1. The minimum Gasteiger partial charge on any atom is -0.467 e. The fourth-order valence-corrected chi connectivity index (χ4v) is 2.58. The summed E-state index contributed by atoms with van der Waals surface area (Å²) in [6.45, 7) is 6.92. The van der Waals surface area contributed by atoms with Crippen LogP contribution >= 0.6 is 11.6 Å². The molecule has 24 heavy (non-hydrogen) atoms. The van der Waals surface area contributed by atoms with Gasteiger partial charge in [-0.05, 0) is 35.2 Å². The van der Waals surface area contributed by atoms with Gasteiger partial charge in [0.15, 0.2) is 0 Å². The zero-order valence-electron chi connectivity index (χ0n) is 14.1. The van der Waals surface area contributed by atoms with Gasteiger partial charge in [-0.25, -0.2) is 4.98 Å². The monoisotopic (exact) mass is 347 g/mol. The Morgan fingerprint density at radius 2 is 2.17 bits per heavy atom. The maximum Gasteiger partial charge on any atom is 0.226 e. The van der Waals surface area contributed by atoms with Crippen LogP contribution in [-0.4, -0.2) is 21.0 Å². The van der Waals surface area contributed by atoms with E-state index in [0.29, 0.717) is 18.0 Å². The zero-order chi connectivity index (χ0) is 17.3. The molecule has 0 radical (unpaired) electrons. The van der Waals surface area contributed by atoms with Crippen molar-refractivity contribution in [2.45, 2.75) is 39.8 Å². The number of furan rings is 1. The van der Waals surface area contributed by atoms with Crippen LogP contribution in [0.1, 0.15) is 32.2 Å². The number of hydrogen-bond donors (Lipinski definition) is 3. The summed E-state index contributed by atoms with van der Waals surface area (Å²) < 4.78 is 5.33. The first kappa shape index (κ1) is 16.8. The first-order valence-electron chi connectivity index (χ1n) is 7.90. The second-order valence-electron chi connectivity index (χ2n) is 7.01. The molecule has 0 aliphatic heterocycles. The van der Waals surface area contributed by atoms with Gasteiger partial charge in [-0.3, -0.25) is 0 Å². The summed E-state index contributed by atoms with van der Waals surface area (Å²) in [6.07, 6.45) is 2.37. The van der Waals surface area contributed by atoms with E-state index in [-0.39, 0.29) is 16.7 Å². The molecule has 0 bridgehead atoms. The molecule has 7 heteroatoms. The van der Waals surface area contributed by atoms with Crippen LogP contribution in [0.2, 0.25) is 5.28 Å². The number of fused-ring (bicyclic) bond motifs is 1. The Hall–Kier alpha value is -2.05. The van der Waals surface area contributed by atoms with Gasteiger partial charge in [0, 0.05) is 18.2 Å². The maximum absolute atomic E-state index is 6.29. The van der Waals surface area contributed by atoms with E-state index in [4.69, 9.17) is 21.8 Å². The standard InChI is InChI=1S/C17H22ClN5O/c1-17(2,3)13(19)8-10-7-12-14(20-9-11-5-4-6-24-11)22-16(18)23-15(12)21-10/h4-7,13H,8-9,19H2,1-3H3,(H2,20,21,22,23). The Morgan fingerprint density at radius 3 is 2.83 bits per heavy atom. The van der Waals surface area contributed by atoms with Crippen LogP contribution in [0.15, 0.2) is 28.9 Å². The number of hydrogen-bond acceptors (Lipinski definition) is 5. The fourth-order valence-electron chi connectivity index (χ4n) is 2.41. The number of nitrogens with two attached hydrogens (primary N) is 1. The lowest BCUT2D eigenvalue weighted by Crippen LogP contribution is -2.36. The molecule has 1 unspecified atom stereocenters. The molecule has 3 aromatic heterocycles. The molecule has 0 fully saturated rings. The number of aromatic nitrogens is 3. The molecule has 1 atom stereocenters. The van der Waals surface area contributed by atoms with Crippen LogP contribution < -0.4 is 11.1 Å². The summed E-state index contributed by atoms with van der Waals surface area (Å²) in [5, 5.41) is 4.33. The molecule has 128 valence electrons. The van der Waals surface area contributed by atoms with Crippen molar-refractivity contribution in [2.75, 3.05) is 5.32 Å². The second-order valence-corrected chi connectivity index (χ2v) is 7.35. The molecule has 0 aromatic carbocycles. The Kier molecular flexibility index (Phi) is 4.51. The predicted molar refractivity (Wildman–Crippen MR) is 96.1 cm³/mol. The van der Waals surface area contributed by atoms with Crippen LogP contribution in [0.5, 0.6) is 0 Å². The average Bonchev–Trinajstić information content (AvgIpc) is 3.12. The van der Waals surface area contributed by atoms with Crippen molar-refractivity contribution in [3.8, 4) is 0 Å². The number of rotatable bonds is 5. The van der Waals surface area contributed by atoms with E-state index in [2.05, 4.69) is 41.0 Å². The lowest BCUT2D eigenvalue weighted by molar-refractivity contribution is 0.317. The van der Waals surface area contributed by atoms with Gasteiger partial charge in [-0.2, -0.15) is 4.98 Å². The smallest absolute Gasteiger partial charge is 0.226 e. The Bertz CT molecular complexity index is 819. The number of nitrogens with one attached hydrogen (secondary N) is 2. The minimum atomic E-state index is 0.0288. The molecule has 3 heterocycles. The Morgan fingerprint density at radius 1 is 1.38 bits per heavy atom. The first-order valence-corrected chi connectivity index (χ1v) is 8.27. The first-order chi connectivity index (χ1) is 11.3. The van der Waals surface area contributed by atoms with Crippen LogP contribution in [0.25, 0.3) is 11.0 Å². The topological polar surface area (TPSA) is 92.8 Å². The van der Waals surface area contributed by atoms with Crippen LogP contribution in [0.3, 0.4) is 0 Å². The van der Waals surface area contributed by atoms with Crippen LogP contribution in [0.4, 0.5) is 5.82 Å². The van der Waals surface area contributed by atoms with Gasteiger partial charge in [-0.15, -0.1) is 0 Å². The average molecular weight is 348 g/mol. The molecule has 0 aliphatic carbocycles. The molecule has 0 saturated carbocycles. The Balaban J connectivity index is 1.86. The lowest BCUT2D eigenvalue weighted by atomic mass is 9.85. The molecule has 0 amide bonds. The molecule has 0 aliphatic rings. The maximum atomic E-state index is 6.29. The number of H-pyrrole nitrogens is 1. The molecular weight excluding hydrogens is 326 g/mol. The predicted octanol–water partition coefficient (Wildman–Crippen LogP) is 3.73. The van der Waals surface area contributed by atoms with Gasteiger partial charge < -0.3 is 20.5 Å². The minimum absolute atomic E-state index is 0.0288. The van der Waals surface area contributed by atoms with Crippen molar-refractivity contribution >= 4 is 28.5 Å². The van der Waals surface area contributed by atoms with E-state index in [0.717, 1.165) is 23.3 Å². The molecule has 3 rings (SSSR count). The van der Waals surface area contributed by atoms with Crippen LogP contribution in [0, 0.1) is 5.41 Å². The summed E-state index contributed by atoms with van der Waals surface area (Å²) >= 11 is 6.04. The zero-order valence-corrected chi connectivity index (χ0v) is 14.8. The van der Waals surface area contributed by atoms with Gasteiger partial charge in [0.2, 0.25) is 5.28 Å².